The van der Waals surface area contributed by atoms with Crippen LogP contribution in [0.15, 0.2) is 24.5 Å². The number of carbonyl (C=O) groups excluding carboxylic acids is 1. The van der Waals surface area contributed by atoms with Gasteiger partial charge in [-0.15, -0.1) is 5.10 Å². The number of amides is 1. The van der Waals surface area contributed by atoms with Crippen molar-refractivity contribution in [3.63, 3.8) is 0 Å². The Labute approximate surface area is 121 Å². The first kappa shape index (κ1) is 14.6. The molecule has 8 heteroatoms. The highest BCUT2D eigenvalue weighted by atomic mass is 16.4. The van der Waals surface area contributed by atoms with E-state index in [4.69, 9.17) is 0 Å². The second-order valence-corrected chi connectivity index (χ2v) is 4.59. The fourth-order valence-corrected chi connectivity index (χ4v) is 1.83. The van der Waals surface area contributed by atoms with Gasteiger partial charge in [0.15, 0.2) is 5.69 Å². The standard InChI is InChI=1S/C13H15N5O3/c1-17(2)10(19)5-7-18-12(9-4-3-6-14-8-9)11(13(20)21)15-16-18/h3-4,6,8H,5,7H2,1-2H3,(H,20,21). The molecule has 1 N–H and O–H groups in total. The van der Waals surface area contributed by atoms with E-state index in [1.165, 1.54) is 15.8 Å². The lowest BCUT2D eigenvalue weighted by atomic mass is 10.1. The van der Waals surface area contributed by atoms with E-state index < -0.39 is 5.97 Å². The fourth-order valence-electron chi connectivity index (χ4n) is 1.83. The normalized spacial score (nSPS) is 10.4. The maximum Gasteiger partial charge on any atom is 0.358 e. The Kier molecular flexibility index (Phi) is 4.27. The van der Waals surface area contributed by atoms with Crippen molar-refractivity contribution >= 4 is 11.9 Å². The van der Waals surface area contributed by atoms with Crippen LogP contribution in [0, 0.1) is 0 Å². The first-order valence-electron chi connectivity index (χ1n) is 6.28. The summed E-state index contributed by atoms with van der Waals surface area (Å²) in [4.78, 5) is 28.3. The van der Waals surface area contributed by atoms with Crippen molar-refractivity contribution in [1.82, 2.24) is 24.9 Å². The Morgan fingerprint density at radius 1 is 1.38 bits per heavy atom. The summed E-state index contributed by atoms with van der Waals surface area (Å²) < 4.78 is 1.42. The van der Waals surface area contributed by atoms with Gasteiger partial charge < -0.3 is 10.0 Å². The number of aromatic carboxylic acids is 1. The van der Waals surface area contributed by atoms with Crippen LogP contribution in [0.2, 0.25) is 0 Å². The molecular formula is C13H15N5O3. The third kappa shape index (κ3) is 3.22. The van der Waals surface area contributed by atoms with Crippen LogP contribution in [0.3, 0.4) is 0 Å². The van der Waals surface area contributed by atoms with Gasteiger partial charge in [-0.25, -0.2) is 9.48 Å². The third-order valence-corrected chi connectivity index (χ3v) is 2.91. The lowest BCUT2D eigenvalue weighted by Crippen LogP contribution is -2.23. The number of rotatable bonds is 5. The molecule has 2 heterocycles. The van der Waals surface area contributed by atoms with E-state index in [1.54, 1.807) is 32.4 Å². The number of carbonyl (C=O) groups is 2. The van der Waals surface area contributed by atoms with Crippen LogP contribution in [0.4, 0.5) is 0 Å². The maximum absolute atomic E-state index is 11.6. The Balaban J connectivity index is 2.34. The van der Waals surface area contributed by atoms with Gasteiger partial charge >= 0.3 is 5.97 Å². The minimum absolute atomic E-state index is 0.0699. The number of hydrogen-bond acceptors (Lipinski definition) is 5. The van der Waals surface area contributed by atoms with Gasteiger partial charge in [0.25, 0.3) is 0 Å². The van der Waals surface area contributed by atoms with Crippen LogP contribution >= 0.6 is 0 Å². The highest BCUT2D eigenvalue weighted by Crippen LogP contribution is 2.21. The molecule has 110 valence electrons. The highest BCUT2D eigenvalue weighted by Gasteiger charge is 2.21. The summed E-state index contributed by atoms with van der Waals surface area (Å²) in [6.07, 6.45) is 3.34. The molecule has 0 aliphatic rings. The summed E-state index contributed by atoms with van der Waals surface area (Å²) in [6, 6.07) is 3.42. The number of pyridine rings is 1. The summed E-state index contributed by atoms with van der Waals surface area (Å²) in [5.74, 6) is -1.24. The van der Waals surface area contributed by atoms with E-state index in [2.05, 4.69) is 15.3 Å². The zero-order valence-corrected chi connectivity index (χ0v) is 11.7. The predicted molar refractivity (Wildman–Crippen MR) is 73.5 cm³/mol. The molecule has 0 saturated carbocycles. The smallest absolute Gasteiger partial charge is 0.358 e. The molecule has 0 atom stereocenters. The minimum Gasteiger partial charge on any atom is -0.476 e. The summed E-state index contributed by atoms with van der Waals surface area (Å²) in [5.41, 5.74) is 0.791. The molecule has 0 saturated heterocycles. The average molecular weight is 289 g/mol. The zero-order chi connectivity index (χ0) is 15.4. The van der Waals surface area contributed by atoms with Crippen LogP contribution in [0.5, 0.6) is 0 Å². The lowest BCUT2D eigenvalue weighted by molar-refractivity contribution is -0.128. The van der Waals surface area contributed by atoms with Gasteiger partial charge in [0, 0.05) is 38.5 Å². The molecule has 0 aliphatic carbocycles. The number of nitrogens with zero attached hydrogens (tertiary/aromatic N) is 5. The SMILES string of the molecule is CN(C)C(=O)CCn1nnc(C(=O)O)c1-c1cccnc1. The van der Waals surface area contributed by atoms with Gasteiger partial charge in [-0.1, -0.05) is 5.21 Å². The van der Waals surface area contributed by atoms with E-state index in [1.807, 2.05) is 0 Å². The summed E-state index contributed by atoms with van der Waals surface area (Å²) >= 11 is 0. The molecule has 0 fully saturated rings. The van der Waals surface area contributed by atoms with Gasteiger partial charge in [-0.05, 0) is 12.1 Å². The second kappa shape index (κ2) is 6.12. The number of carboxylic acid groups (broad SMARTS) is 1. The van der Waals surface area contributed by atoms with Crippen LogP contribution in [0.1, 0.15) is 16.9 Å². The first-order chi connectivity index (χ1) is 10.0. The van der Waals surface area contributed by atoms with Crippen molar-refractivity contribution in [1.29, 1.82) is 0 Å². The summed E-state index contributed by atoms with van der Waals surface area (Å²) in [6.45, 7) is 0.252. The van der Waals surface area contributed by atoms with Crippen LogP contribution in [-0.2, 0) is 11.3 Å². The molecule has 0 bridgehead atoms. The number of carboxylic acids is 1. The van der Waals surface area contributed by atoms with Gasteiger partial charge in [-0.3, -0.25) is 9.78 Å². The molecule has 0 radical (unpaired) electrons. The molecule has 0 unspecified atom stereocenters. The Bertz CT molecular complexity index is 651. The Morgan fingerprint density at radius 2 is 2.14 bits per heavy atom. The lowest BCUT2D eigenvalue weighted by Gasteiger charge is -2.11. The van der Waals surface area contributed by atoms with E-state index in [0.29, 0.717) is 11.3 Å². The van der Waals surface area contributed by atoms with Gasteiger partial charge in [0.2, 0.25) is 5.91 Å². The monoisotopic (exact) mass is 289 g/mol. The number of hydrogen-bond donors (Lipinski definition) is 1. The predicted octanol–water partition coefficient (Wildman–Crippen LogP) is 0.517. The van der Waals surface area contributed by atoms with Crippen molar-refractivity contribution in [2.24, 2.45) is 0 Å². The maximum atomic E-state index is 11.6. The number of aromatic nitrogens is 4. The molecular weight excluding hydrogens is 274 g/mol. The van der Waals surface area contributed by atoms with Crippen molar-refractivity contribution in [2.75, 3.05) is 14.1 Å². The van der Waals surface area contributed by atoms with E-state index in [9.17, 15) is 14.7 Å². The highest BCUT2D eigenvalue weighted by molar-refractivity contribution is 5.92. The van der Waals surface area contributed by atoms with Gasteiger partial charge in [-0.2, -0.15) is 0 Å². The molecule has 8 nitrogen and oxygen atoms in total. The molecule has 21 heavy (non-hydrogen) atoms. The average Bonchev–Trinajstić information content (AvgIpc) is 2.89. The van der Waals surface area contributed by atoms with Gasteiger partial charge in [0.1, 0.15) is 5.69 Å². The third-order valence-electron chi connectivity index (χ3n) is 2.91. The van der Waals surface area contributed by atoms with Crippen LogP contribution in [-0.4, -0.2) is 56.0 Å². The molecule has 0 aromatic carbocycles. The molecule has 1 amide bonds. The molecule has 2 aromatic rings. The number of aryl methyl sites for hydroxylation is 1. The zero-order valence-electron chi connectivity index (χ0n) is 11.7. The van der Waals surface area contributed by atoms with Crippen molar-refractivity contribution in [3.05, 3.63) is 30.2 Å². The summed E-state index contributed by atoms with van der Waals surface area (Å²) in [7, 11) is 3.32. The quantitative estimate of drug-likeness (QED) is 0.861. The van der Waals surface area contributed by atoms with Crippen LogP contribution < -0.4 is 0 Å². The van der Waals surface area contributed by atoms with E-state index >= 15 is 0 Å². The molecule has 0 aliphatic heterocycles. The van der Waals surface area contributed by atoms with Crippen LogP contribution in [0.25, 0.3) is 11.3 Å². The van der Waals surface area contributed by atoms with Crippen molar-refractivity contribution in [3.8, 4) is 11.3 Å². The molecule has 0 spiro atoms. The first-order valence-corrected chi connectivity index (χ1v) is 6.28. The Morgan fingerprint density at radius 3 is 2.71 bits per heavy atom. The summed E-state index contributed by atoms with van der Waals surface area (Å²) in [5, 5.41) is 16.7. The van der Waals surface area contributed by atoms with Gasteiger partial charge in [0.05, 0.1) is 6.54 Å². The van der Waals surface area contributed by atoms with E-state index in [-0.39, 0.29) is 24.6 Å². The van der Waals surface area contributed by atoms with Crippen molar-refractivity contribution < 1.29 is 14.7 Å². The van der Waals surface area contributed by atoms with Crippen molar-refractivity contribution in [2.45, 2.75) is 13.0 Å². The topological polar surface area (TPSA) is 101 Å². The largest absolute Gasteiger partial charge is 0.476 e. The second-order valence-electron chi connectivity index (χ2n) is 4.59. The molecule has 2 aromatic heterocycles. The fraction of sp³-hybridized carbons (Fsp3) is 0.308. The molecule has 2 rings (SSSR count). The minimum atomic E-state index is -1.17. The Hall–Kier alpha value is -2.77. The van der Waals surface area contributed by atoms with E-state index in [0.717, 1.165) is 0 Å².